The van der Waals surface area contributed by atoms with Crippen LogP contribution in [0.3, 0.4) is 0 Å². The molecule has 0 fully saturated rings. The van der Waals surface area contributed by atoms with Crippen molar-refractivity contribution in [1.29, 1.82) is 0 Å². The number of carbonyl (C=O) groups excluding carboxylic acids is 3. The van der Waals surface area contributed by atoms with Crippen LogP contribution in [0.2, 0.25) is 0 Å². The topological polar surface area (TPSA) is 169 Å². The van der Waals surface area contributed by atoms with Crippen LogP contribution in [0.25, 0.3) is 0 Å². The fraction of sp³-hybridized carbons (Fsp3) is 0.161. The van der Waals surface area contributed by atoms with E-state index in [9.17, 15) is 22.8 Å². The summed E-state index contributed by atoms with van der Waals surface area (Å²) in [6.45, 7) is 0.841. The smallest absolute Gasteiger partial charge is 0.264 e. The Kier molecular flexibility index (Phi) is 10.9. The maximum atomic E-state index is 13.6. The Bertz CT molecular complexity index is 1720. The lowest BCUT2D eigenvalue weighted by atomic mass is 10.2. The number of benzene rings is 3. The Labute approximate surface area is 259 Å². The normalized spacial score (nSPS) is 11.1. The third kappa shape index (κ3) is 9.43. The van der Waals surface area contributed by atoms with Gasteiger partial charge in [0.15, 0.2) is 6.61 Å². The van der Waals surface area contributed by atoms with Crippen LogP contribution in [0.1, 0.15) is 18.2 Å². The average molecular weight is 634 g/mol. The molecule has 4 rings (SSSR count). The summed E-state index contributed by atoms with van der Waals surface area (Å²) in [6, 6.07) is 21.9. The molecule has 13 nitrogen and oxygen atoms in total. The summed E-state index contributed by atoms with van der Waals surface area (Å²) >= 11 is 0. The van der Waals surface area contributed by atoms with Gasteiger partial charge in [-0.15, -0.1) is 0 Å². The molecule has 0 aliphatic heterocycles. The highest BCUT2D eigenvalue weighted by atomic mass is 32.2. The number of nitrogens with one attached hydrogen (secondary N) is 3. The Hall–Kier alpha value is -5.63. The van der Waals surface area contributed by atoms with E-state index in [2.05, 4.69) is 21.2 Å². The van der Waals surface area contributed by atoms with Crippen LogP contribution in [-0.2, 0) is 31.0 Å². The third-order valence-corrected chi connectivity index (χ3v) is 7.89. The Morgan fingerprint density at radius 1 is 0.911 bits per heavy atom. The van der Waals surface area contributed by atoms with Gasteiger partial charge in [0, 0.05) is 12.6 Å². The molecule has 1 aromatic heterocycles. The van der Waals surface area contributed by atoms with Crippen molar-refractivity contribution in [3.63, 3.8) is 0 Å². The molecule has 0 unspecified atom stereocenters. The monoisotopic (exact) mass is 633 g/mol. The van der Waals surface area contributed by atoms with Crippen LogP contribution in [0.4, 0.5) is 11.4 Å². The van der Waals surface area contributed by atoms with Gasteiger partial charge in [0.2, 0.25) is 5.91 Å². The summed E-state index contributed by atoms with van der Waals surface area (Å²) in [7, 11) is -2.72. The molecule has 0 atom stereocenters. The molecule has 0 aliphatic rings. The van der Waals surface area contributed by atoms with Gasteiger partial charge < -0.3 is 24.5 Å². The number of anilines is 2. The van der Waals surface area contributed by atoms with Crippen LogP contribution in [-0.4, -0.2) is 52.6 Å². The number of hydrogen-bond acceptors (Lipinski definition) is 9. The van der Waals surface area contributed by atoms with Gasteiger partial charge >= 0.3 is 0 Å². The van der Waals surface area contributed by atoms with Crippen molar-refractivity contribution in [3.05, 3.63) is 103 Å². The van der Waals surface area contributed by atoms with Gasteiger partial charge in [0.25, 0.3) is 21.8 Å². The summed E-state index contributed by atoms with van der Waals surface area (Å²) < 4.78 is 44.0. The van der Waals surface area contributed by atoms with E-state index in [4.69, 9.17) is 13.9 Å². The van der Waals surface area contributed by atoms with Crippen LogP contribution < -0.4 is 29.8 Å². The molecule has 3 N–H and O–H groups in total. The van der Waals surface area contributed by atoms with E-state index in [-0.39, 0.29) is 35.5 Å². The van der Waals surface area contributed by atoms with Crippen molar-refractivity contribution in [2.24, 2.45) is 5.10 Å². The third-order valence-electron chi connectivity index (χ3n) is 6.10. The molecule has 4 aromatic rings. The summed E-state index contributed by atoms with van der Waals surface area (Å²) in [6.07, 6.45) is 2.90. The molecule has 45 heavy (non-hydrogen) atoms. The predicted octanol–water partition coefficient (Wildman–Crippen LogP) is 3.29. The van der Waals surface area contributed by atoms with Crippen LogP contribution in [0.15, 0.2) is 106 Å². The summed E-state index contributed by atoms with van der Waals surface area (Å²) in [4.78, 5) is 36.1. The largest absolute Gasteiger partial charge is 0.497 e. The highest BCUT2D eigenvalue weighted by molar-refractivity contribution is 7.92. The predicted molar refractivity (Wildman–Crippen MR) is 166 cm³/mol. The molecule has 0 spiro atoms. The molecule has 0 saturated carbocycles. The minimum absolute atomic E-state index is 0.0824. The van der Waals surface area contributed by atoms with E-state index in [1.165, 1.54) is 62.9 Å². The molecule has 3 aromatic carbocycles. The van der Waals surface area contributed by atoms with Crippen molar-refractivity contribution < 1.29 is 36.7 Å². The average Bonchev–Trinajstić information content (AvgIpc) is 3.56. The van der Waals surface area contributed by atoms with Crippen molar-refractivity contribution >= 4 is 45.3 Å². The molecule has 14 heteroatoms. The van der Waals surface area contributed by atoms with Gasteiger partial charge in [-0.3, -0.25) is 18.7 Å². The van der Waals surface area contributed by atoms with Gasteiger partial charge in [-0.25, -0.2) is 13.8 Å². The Morgan fingerprint density at radius 3 is 2.22 bits per heavy atom. The van der Waals surface area contributed by atoms with E-state index in [1.807, 2.05) is 0 Å². The van der Waals surface area contributed by atoms with E-state index in [0.717, 1.165) is 4.31 Å². The number of amides is 3. The number of sulfonamides is 1. The first-order chi connectivity index (χ1) is 21.6. The van der Waals surface area contributed by atoms with Gasteiger partial charge in [-0.1, -0.05) is 0 Å². The minimum Gasteiger partial charge on any atom is -0.497 e. The highest BCUT2D eigenvalue weighted by Gasteiger charge is 2.27. The number of hydrogen-bond donors (Lipinski definition) is 3. The standard InChI is InChI=1S/C31H31N5O8S/c1-22(37)34-24-7-15-29(16-8-24)45(40,41)36(25-9-13-26(42-2)14-10-25)20-30(38)35-33-18-23-5-11-27(12-6-23)44-21-31(39)32-19-28-4-3-17-43-28/h3-18H,19-21H2,1-2H3,(H,32,39)(H,34,37)(H,35,38)/b33-18-. The molecule has 3 amide bonds. The van der Waals surface area contributed by atoms with Crippen molar-refractivity contribution in [2.75, 3.05) is 29.9 Å². The quantitative estimate of drug-likeness (QED) is 0.140. The van der Waals surface area contributed by atoms with E-state index >= 15 is 0 Å². The molecule has 0 radical (unpaired) electrons. The second-order valence-electron chi connectivity index (χ2n) is 9.42. The molecular formula is C31H31N5O8S. The molecular weight excluding hydrogens is 602 g/mol. The lowest BCUT2D eigenvalue weighted by molar-refractivity contribution is -0.123. The van der Waals surface area contributed by atoms with Gasteiger partial charge in [0.05, 0.1) is 36.7 Å². The lowest BCUT2D eigenvalue weighted by Crippen LogP contribution is -2.39. The molecule has 0 aliphatic carbocycles. The summed E-state index contributed by atoms with van der Waals surface area (Å²) in [5.74, 6) is 0.287. The maximum Gasteiger partial charge on any atom is 0.264 e. The Balaban J connectivity index is 1.37. The second kappa shape index (κ2) is 15.2. The first-order valence-corrected chi connectivity index (χ1v) is 15.0. The summed E-state index contributed by atoms with van der Waals surface area (Å²) in [5, 5.41) is 9.20. The Morgan fingerprint density at radius 2 is 1.60 bits per heavy atom. The van der Waals surface area contributed by atoms with Crippen molar-refractivity contribution in [2.45, 2.75) is 18.4 Å². The zero-order chi connectivity index (χ0) is 32.2. The fourth-order valence-corrected chi connectivity index (χ4v) is 5.32. The van der Waals surface area contributed by atoms with E-state index in [0.29, 0.717) is 28.5 Å². The highest BCUT2D eigenvalue weighted by Crippen LogP contribution is 2.26. The zero-order valence-electron chi connectivity index (χ0n) is 24.4. The lowest BCUT2D eigenvalue weighted by Gasteiger charge is -2.24. The van der Waals surface area contributed by atoms with Crippen LogP contribution in [0, 0.1) is 0 Å². The molecule has 1 heterocycles. The second-order valence-corrected chi connectivity index (χ2v) is 11.3. The number of furan rings is 1. The molecule has 0 saturated heterocycles. The molecule has 234 valence electrons. The molecule has 0 bridgehead atoms. The maximum absolute atomic E-state index is 13.6. The number of carbonyl (C=O) groups is 3. The first kappa shape index (κ1) is 32.3. The van der Waals surface area contributed by atoms with Crippen molar-refractivity contribution in [3.8, 4) is 11.5 Å². The minimum atomic E-state index is -4.20. The fourth-order valence-electron chi connectivity index (χ4n) is 3.90. The number of ether oxygens (including phenoxy) is 2. The zero-order valence-corrected chi connectivity index (χ0v) is 25.2. The van der Waals surface area contributed by atoms with Crippen LogP contribution in [0.5, 0.6) is 11.5 Å². The number of rotatable bonds is 14. The van der Waals surface area contributed by atoms with Gasteiger partial charge in [0.1, 0.15) is 23.8 Å². The van der Waals surface area contributed by atoms with E-state index in [1.54, 1.807) is 48.5 Å². The SMILES string of the molecule is COc1ccc(N(CC(=O)N/N=C\c2ccc(OCC(=O)NCc3ccco3)cc2)S(=O)(=O)c2ccc(NC(C)=O)cc2)cc1. The van der Waals surface area contributed by atoms with E-state index < -0.39 is 22.5 Å². The number of hydrazone groups is 1. The number of methoxy groups -OCH3 is 1. The summed E-state index contributed by atoms with van der Waals surface area (Å²) in [5.41, 5.74) is 3.62. The van der Waals surface area contributed by atoms with Gasteiger partial charge in [-0.05, 0) is 90.5 Å². The first-order valence-electron chi connectivity index (χ1n) is 13.5. The number of nitrogens with zero attached hydrogens (tertiary/aromatic N) is 2. The van der Waals surface area contributed by atoms with Gasteiger partial charge in [-0.2, -0.15) is 5.10 Å². The van der Waals surface area contributed by atoms with Crippen LogP contribution >= 0.6 is 0 Å². The van der Waals surface area contributed by atoms with Crippen molar-refractivity contribution in [1.82, 2.24) is 10.7 Å².